The summed E-state index contributed by atoms with van der Waals surface area (Å²) in [4.78, 5) is 61.9. The molecule has 4 amide bonds. The van der Waals surface area contributed by atoms with Gasteiger partial charge < -0.3 is 14.6 Å². The lowest BCUT2D eigenvalue weighted by molar-refractivity contribution is -0.151. The van der Waals surface area contributed by atoms with Gasteiger partial charge in [-0.1, -0.05) is 31.2 Å². The molecule has 0 bridgehead atoms. The molecule has 0 saturated carbocycles. The summed E-state index contributed by atoms with van der Waals surface area (Å²) in [5, 5.41) is 4.01. The van der Waals surface area contributed by atoms with E-state index in [4.69, 9.17) is 4.74 Å². The molecule has 2 heterocycles. The number of para-hydroxylation sites is 2. The number of amides is 4. The summed E-state index contributed by atoms with van der Waals surface area (Å²) >= 11 is 0. The van der Waals surface area contributed by atoms with Crippen molar-refractivity contribution in [1.82, 2.24) is 20.3 Å². The van der Waals surface area contributed by atoms with Crippen molar-refractivity contribution in [2.75, 3.05) is 6.61 Å². The fourth-order valence-electron chi connectivity index (χ4n) is 3.75. The van der Waals surface area contributed by atoms with E-state index in [1.165, 1.54) is 0 Å². The number of esters is 1. The molecule has 33 heavy (non-hydrogen) atoms. The number of nitrogens with one attached hydrogen (secondary N) is 2. The van der Waals surface area contributed by atoms with Crippen molar-refractivity contribution in [3.8, 4) is 0 Å². The van der Waals surface area contributed by atoms with Crippen molar-refractivity contribution in [2.45, 2.75) is 32.4 Å². The van der Waals surface area contributed by atoms with Crippen molar-refractivity contribution in [3.63, 3.8) is 0 Å². The SMILES string of the molecule is CCC1(C)NC(=O)N(NC(=O)COC(=O)Cn2c3ccccc3c(=O)c3ccccc32)C1=O. The molecular weight excluding hydrogens is 428 g/mol. The van der Waals surface area contributed by atoms with E-state index in [0.29, 0.717) is 33.2 Å². The predicted molar refractivity (Wildman–Crippen MR) is 119 cm³/mol. The second kappa shape index (κ2) is 8.38. The van der Waals surface area contributed by atoms with E-state index >= 15 is 0 Å². The molecule has 1 aliphatic heterocycles. The van der Waals surface area contributed by atoms with Crippen molar-refractivity contribution >= 4 is 45.6 Å². The van der Waals surface area contributed by atoms with E-state index in [9.17, 15) is 24.0 Å². The van der Waals surface area contributed by atoms with Gasteiger partial charge in [-0.25, -0.2) is 4.79 Å². The molecule has 3 aromatic rings. The number of urea groups is 1. The second-order valence-corrected chi connectivity index (χ2v) is 7.90. The number of hydrogen-bond acceptors (Lipinski definition) is 6. The Morgan fingerprint density at radius 1 is 1.00 bits per heavy atom. The number of hydrogen-bond donors (Lipinski definition) is 2. The molecule has 0 aliphatic carbocycles. The van der Waals surface area contributed by atoms with Gasteiger partial charge in [0.25, 0.3) is 11.8 Å². The number of imide groups is 1. The number of rotatable bonds is 6. The van der Waals surface area contributed by atoms with Crippen LogP contribution in [0.15, 0.2) is 53.3 Å². The lowest BCUT2D eigenvalue weighted by atomic mass is 10.00. The molecule has 2 aromatic carbocycles. The van der Waals surface area contributed by atoms with Crippen LogP contribution in [0.5, 0.6) is 0 Å². The first kappa shape index (κ1) is 22.0. The zero-order valence-corrected chi connectivity index (χ0v) is 18.1. The quantitative estimate of drug-likeness (QED) is 0.333. The summed E-state index contributed by atoms with van der Waals surface area (Å²) in [6.07, 6.45) is 0.347. The van der Waals surface area contributed by atoms with E-state index < -0.39 is 36.0 Å². The van der Waals surface area contributed by atoms with E-state index in [1.807, 2.05) is 0 Å². The smallest absolute Gasteiger partial charge is 0.344 e. The molecule has 1 unspecified atom stereocenters. The van der Waals surface area contributed by atoms with Gasteiger partial charge in [0.15, 0.2) is 12.0 Å². The van der Waals surface area contributed by atoms with Crippen LogP contribution in [0.2, 0.25) is 0 Å². The summed E-state index contributed by atoms with van der Waals surface area (Å²) < 4.78 is 6.72. The number of ether oxygens (including phenoxy) is 1. The Morgan fingerprint density at radius 3 is 2.12 bits per heavy atom. The first-order chi connectivity index (χ1) is 15.7. The first-order valence-electron chi connectivity index (χ1n) is 10.4. The Hall–Kier alpha value is -4.21. The fourth-order valence-corrected chi connectivity index (χ4v) is 3.75. The average Bonchev–Trinajstić information content (AvgIpc) is 3.03. The standard InChI is InChI=1S/C23H22N4O6/c1-3-23(2)21(31)27(22(32)24-23)25-18(28)13-33-19(29)12-26-16-10-6-4-8-14(16)20(30)15-9-5-7-11-17(15)26/h4-11H,3,12-13H2,1-2H3,(H,24,32)(H,25,28). The molecule has 1 fully saturated rings. The predicted octanol–water partition coefficient (Wildman–Crippen LogP) is 1.45. The van der Waals surface area contributed by atoms with Crippen molar-refractivity contribution in [3.05, 3.63) is 58.8 Å². The van der Waals surface area contributed by atoms with Gasteiger partial charge in [-0.2, -0.15) is 5.01 Å². The highest BCUT2D eigenvalue weighted by molar-refractivity contribution is 6.07. The van der Waals surface area contributed by atoms with Gasteiger partial charge in [0.1, 0.15) is 12.1 Å². The molecule has 4 rings (SSSR count). The number of nitrogens with zero attached hydrogens (tertiary/aromatic N) is 2. The zero-order valence-electron chi connectivity index (χ0n) is 18.1. The summed E-state index contributed by atoms with van der Waals surface area (Å²) in [5.74, 6) is -2.15. The highest BCUT2D eigenvalue weighted by Gasteiger charge is 2.47. The molecular formula is C23H22N4O6. The van der Waals surface area contributed by atoms with Gasteiger partial charge in [-0.15, -0.1) is 0 Å². The third-order valence-corrected chi connectivity index (χ3v) is 5.74. The van der Waals surface area contributed by atoms with Crippen molar-refractivity contribution in [1.29, 1.82) is 0 Å². The zero-order chi connectivity index (χ0) is 23.8. The summed E-state index contributed by atoms with van der Waals surface area (Å²) in [6.45, 7) is 2.36. The minimum Gasteiger partial charge on any atom is -0.454 e. The van der Waals surface area contributed by atoms with Gasteiger partial charge in [0.05, 0.1) is 11.0 Å². The van der Waals surface area contributed by atoms with Gasteiger partial charge in [0.2, 0.25) is 0 Å². The Labute approximate surface area is 188 Å². The minimum absolute atomic E-state index is 0.141. The van der Waals surface area contributed by atoms with Crippen LogP contribution >= 0.6 is 0 Å². The average molecular weight is 450 g/mol. The molecule has 0 radical (unpaired) electrons. The summed E-state index contributed by atoms with van der Waals surface area (Å²) in [7, 11) is 0. The minimum atomic E-state index is -1.10. The normalized spacial score (nSPS) is 17.9. The number of fused-ring (bicyclic) bond motifs is 2. The van der Waals surface area contributed by atoms with Crippen LogP contribution in [0, 0.1) is 0 Å². The van der Waals surface area contributed by atoms with E-state index in [0.717, 1.165) is 0 Å². The van der Waals surface area contributed by atoms with Crippen LogP contribution in [0.4, 0.5) is 4.79 Å². The molecule has 0 spiro atoms. The monoisotopic (exact) mass is 450 g/mol. The maximum Gasteiger partial charge on any atom is 0.344 e. The molecule has 10 nitrogen and oxygen atoms in total. The third-order valence-electron chi connectivity index (χ3n) is 5.74. The maximum absolute atomic E-state index is 12.8. The maximum atomic E-state index is 12.8. The van der Waals surface area contributed by atoms with Crippen LogP contribution in [0.25, 0.3) is 21.8 Å². The first-order valence-corrected chi connectivity index (χ1v) is 10.4. The molecule has 1 aromatic heterocycles. The summed E-state index contributed by atoms with van der Waals surface area (Å²) in [5.41, 5.74) is 2.03. The Kier molecular flexibility index (Phi) is 5.59. The third kappa shape index (κ3) is 3.91. The van der Waals surface area contributed by atoms with Crippen LogP contribution in [0.3, 0.4) is 0 Å². The number of benzene rings is 2. The summed E-state index contributed by atoms with van der Waals surface area (Å²) in [6, 6.07) is 13.1. The lowest BCUT2D eigenvalue weighted by Gasteiger charge is -2.19. The van der Waals surface area contributed by atoms with Gasteiger partial charge >= 0.3 is 12.0 Å². The number of carbonyl (C=O) groups is 4. The Bertz CT molecular complexity index is 1300. The topological polar surface area (TPSA) is 127 Å². The molecule has 2 N–H and O–H groups in total. The second-order valence-electron chi connectivity index (χ2n) is 7.90. The van der Waals surface area contributed by atoms with E-state index in [1.54, 1.807) is 66.9 Å². The highest BCUT2D eigenvalue weighted by atomic mass is 16.5. The Morgan fingerprint density at radius 2 is 1.58 bits per heavy atom. The number of carbonyl (C=O) groups excluding carboxylic acids is 4. The van der Waals surface area contributed by atoms with Gasteiger partial charge in [-0.05, 0) is 37.6 Å². The van der Waals surface area contributed by atoms with Crippen LogP contribution in [-0.2, 0) is 25.7 Å². The number of aromatic nitrogens is 1. The number of hydrazine groups is 1. The van der Waals surface area contributed by atoms with Crippen molar-refractivity contribution in [2.24, 2.45) is 0 Å². The Balaban J connectivity index is 1.48. The van der Waals surface area contributed by atoms with Gasteiger partial charge in [-0.3, -0.25) is 24.6 Å². The van der Waals surface area contributed by atoms with Gasteiger partial charge in [0, 0.05) is 10.8 Å². The fraction of sp³-hybridized carbons (Fsp3) is 0.261. The van der Waals surface area contributed by atoms with E-state index in [-0.39, 0.29) is 12.0 Å². The van der Waals surface area contributed by atoms with Crippen LogP contribution in [0.1, 0.15) is 20.3 Å². The lowest BCUT2D eigenvalue weighted by Crippen LogP contribution is -2.49. The van der Waals surface area contributed by atoms with E-state index in [2.05, 4.69) is 10.7 Å². The van der Waals surface area contributed by atoms with Crippen LogP contribution < -0.4 is 16.2 Å². The molecule has 170 valence electrons. The molecule has 10 heteroatoms. The number of pyridine rings is 1. The molecule has 1 atom stereocenters. The molecule has 1 saturated heterocycles. The molecule has 1 aliphatic rings. The van der Waals surface area contributed by atoms with Crippen molar-refractivity contribution < 1.29 is 23.9 Å². The van der Waals surface area contributed by atoms with Crippen LogP contribution in [-0.4, -0.2) is 45.5 Å². The largest absolute Gasteiger partial charge is 0.454 e. The highest BCUT2D eigenvalue weighted by Crippen LogP contribution is 2.20.